The van der Waals surface area contributed by atoms with Gasteiger partial charge in [-0.2, -0.15) is 0 Å². The Hall–Kier alpha value is -1.94. The first-order chi connectivity index (χ1) is 47.5. The molecule has 0 aliphatic rings. The van der Waals surface area contributed by atoms with E-state index in [1.807, 2.05) is 0 Å². The average Bonchev–Trinajstić information content (AvgIpc) is 1.12. The molecule has 98 heavy (non-hydrogen) atoms. The molecule has 17 nitrogen and oxygen atoms in total. The highest BCUT2D eigenvalue weighted by atomic mass is 31.2. The molecule has 0 rings (SSSR count). The van der Waals surface area contributed by atoms with Crippen molar-refractivity contribution in [3.8, 4) is 0 Å². The number of aliphatic hydroxyl groups excluding tert-OH is 1. The van der Waals surface area contributed by atoms with Crippen molar-refractivity contribution >= 4 is 39.5 Å². The first-order valence-electron chi connectivity index (χ1n) is 41.1. The summed E-state index contributed by atoms with van der Waals surface area (Å²) in [6.07, 6.45) is 62.5. The Morgan fingerprint density at radius 2 is 0.469 bits per heavy atom. The number of esters is 4. The molecule has 0 aliphatic heterocycles. The molecule has 0 radical (unpaired) electrons. The summed E-state index contributed by atoms with van der Waals surface area (Å²) in [6, 6.07) is 0. The van der Waals surface area contributed by atoms with Crippen LogP contribution in [0.5, 0.6) is 0 Å². The lowest BCUT2D eigenvalue weighted by Crippen LogP contribution is -2.30. The van der Waals surface area contributed by atoms with Crippen LogP contribution in [0.3, 0.4) is 0 Å². The topological polar surface area (TPSA) is 237 Å². The fourth-order valence-corrected chi connectivity index (χ4v) is 13.8. The number of rotatable bonds is 79. The number of unbranched alkanes of at least 4 members (excludes halogenated alkanes) is 51. The second kappa shape index (κ2) is 72.0. The predicted molar refractivity (Wildman–Crippen MR) is 400 cm³/mol. The van der Waals surface area contributed by atoms with Gasteiger partial charge < -0.3 is 33.8 Å². The van der Waals surface area contributed by atoms with E-state index in [2.05, 4.69) is 34.6 Å². The first-order valence-corrected chi connectivity index (χ1v) is 44.1. The van der Waals surface area contributed by atoms with Gasteiger partial charge in [-0.3, -0.25) is 37.3 Å². The minimum atomic E-state index is -4.96. The smallest absolute Gasteiger partial charge is 0.462 e. The summed E-state index contributed by atoms with van der Waals surface area (Å²) in [7, 11) is -9.91. The van der Waals surface area contributed by atoms with Crippen LogP contribution in [0.25, 0.3) is 0 Å². The van der Waals surface area contributed by atoms with Crippen LogP contribution < -0.4 is 0 Å². The number of phosphoric ester groups is 2. The predicted octanol–water partition coefficient (Wildman–Crippen LogP) is 23.6. The Kier molecular flexibility index (Phi) is 70.6. The lowest BCUT2D eigenvalue weighted by Gasteiger charge is -2.21. The minimum Gasteiger partial charge on any atom is -0.462 e. The van der Waals surface area contributed by atoms with Gasteiger partial charge in [0.15, 0.2) is 12.2 Å². The number of phosphoric acid groups is 2. The van der Waals surface area contributed by atoms with Crippen molar-refractivity contribution in [2.45, 2.75) is 438 Å². The van der Waals surface area contributed by atoms with Gasteiger partial charge in [-0.05, 0) is 31.6 Å². The fourth-order valence-electron chi connectivity index (χ4n) is 12.2. The van der Waals surface area contributed by atoms with Gasteiger partial charge in [-0.25, -0.2) is 9.13 Å². The van der Waals surface area contributed by atoms with Crippen molar-refractivity contribution < 1.29 is 80.2 Å². The molecule has 0 aromatic carbocycles. The van der Waals surface area contributed by atoms with Gasteiger partial charge in [0.2, 0.25) is 0 Å². The van der Waals surface area contributed by atoms with Crippen molar-refractivity contribution in [2.24, 2.45) is 5.92 Å². The SMILES string of the molecule is CCCCCCCCCCCCCCCCCCCCCCCC(=O)O[C@H](COC(=O)CCCCCCCCCCCCCCCC(C)C)COP(=O)(O)OC[C@@H](O)COP(=O)(O)OC[C@@H](COC(=O)CCCCCCCCCC)OC(=O)CCCCCCCCCCCCCCC. The van der Waals surface area contributed by atoms with Crippen LogP contribution >= 0.6 is 15.6 Å². The maximum Gasteiger partial charge on any atom is 0.472 e. The molecule has 0 amide bonds. The normalized spacial score (nSPS) is 13.9. The molecule has 582 valence electrons. The maximum absolute atomic E-state index is 13.1. The van der Waals surface area contributed by atoms with Crippen LogP contribution in [0.2, 0.25) is 0 Å². The highest BCUT2D eigenvalue weighted by Gasteiger charge is 2.30. The highest BCUT2D eigenvalue weighted by Crippen LogP contribution is 2.45. The van der Waals surface area contributed by atoms with Crippen molar-refractivity contribution in [1.82, 2.24) is 0 Å². The van der Waals surface area contributed by atoms with Gasteiger partial charge >= 0.3 is 39.5 Å². The fraction of sp³-hybridized carbons (Fsp3) is 0.949. The molecular formula is C79H154O17P2. The lowest BCUT2D eigenvalue weighted by atomic mass is 10.0. The Labute approximate surface area is 600 Å². The molecule has 0 saturated carbocycles. The van der Waals surface area contributed by atoms with Crippen LogP contribution in [0.4, 0.5) is 0 Å². The van der Waals surface area contributed by atoms with Crippen molar-refractivity contribution in [1.29, 1.82) is 0 Å². The monoisotopic (exact) mass is 1440 g/mol. The Morgan fingerprint density at radius 3 is 0.694 bits per heavy atom. The molecule has 0 spiro atoms. The largest absolute Gasteiger partial charge is 0.472 e. The number of carbonyl (C=O) groups excluding carboxylic acids is 4. The summed E-state index contributed by atoms with van der Waals surface area (Å²) in [5, 5.41) is 10.6. The molecule has 0 saturated heterocycles. The zero-order chi connectivity index (χ0) is 71.9. The standard InChI is InChI=1S/C79H154O17P2/c1-6-9-12-15-18-21-23-25-26-27-28-29-30-31-32-36-41-45-50-55-60-65-79(84)96-75(69-90-77(82)63-58-53-48-43-39-37-33-35-38-42-46-51-56-61-72(4)5)71-94-98(87,88)92-67-73(80)66-91-97(85,86)93-70-74(68-89-76(81)62-57-52-47-20-17-14-11-8-3)95-78(83)64-59-54-49-44-40-34-24-22-19-16-13-10-7-2/h72-75,80H,6-71H2,1-5H3,(H,85,86)(H,87,88)/t73-,74+,75+/m0/s1. The van der Waals surface area contributed by atoms with E-state index in [0.717, 1.165) is 102 Å². The number of aliphatic hydroxyl groups is 1. The third kappa shape index (κ3) is 72.4. The summed E-state index contributed by atoms with van der Waals surface area (Å²) in [5.74, 6) is -1.32. The van der Waals surface area contributed by atoms with Crippen LogP contribution in [0.1, 0.15) is 420 Å². The molecule has 0 aromatic heterocycles. The highest BCUT2D eigenvalue weighted by molar-refractivity contribution is 7.47. The van der Waals surface area contributed by atoms with Crippen LogP contribution in [-0.4, -0.2) is 96.7 Å². The average molecular weight is 1440 g/mol. The third-order valence-corrected chi connectivity index (χ3v) is 20.4. The van der Waals surface area contributed by atoms with Gasteiger partial charge in [-0.15, -0.1) is 0 Å². The van der Waals surface area contributed by atoms with E-state index >= 15 is 0 Å². The van der Waals surface area contributed by atoms with Gasteiger partial charge in [0.1, 0.15) is 19.3 Å². The molecular weight excluding hydrogens is 1280 g/mol. The molecule has 5 atom stereocenters. The zero-order valence-corrected chi connectivity index (χ0v) is 65.7. The Balaban J connectivity index is 5.18. The maximum atomic E-state index is 13.1. The van der Waals surface area contributed by atoms with E-state index < -0.39 is 97.5 Å². The molecule has 2 unspecified atom stereocenters. The van der Waals surface area contributed by atoms with Crippen LogP contribution in [-0.2, 0) is 65.4 Å². The molecule has 0 heterocycles. The van der Waals surface area contributed by atoms with Gasteiger partial charge in [-0.1, -0.05) is 369 Å². The van der Waals surface area contributed by atoms with E-state index in [9.17, 15) is 43.2 Å². The summed E-state index contributed by atoms with van der Waals surface area (Å²) >= 11 is 0. The van der Waals surface area contributed by atoms with Crippen molar-refractivity contribution in [2.75, 3.05) is 39.6 Å². The summed E-state index contributed by atoms with van der Waals surface area (Å²) in [6.45, 7) is 7.31. The van der Waals surface area contributed by atoms with E-state index in [-0.39, 0.29) is 25.7 Å². The second-order valence-corrected chi connectivity index (χ2v) is 31.8. The summed E-state index contributed by atoms with van der Waals surface area (Å²) < 4.78 is 68.6. The van der Waals surface area contributed by atoms with E-state index in [4.69, 9.17) is 37.0 Å². The van der Waals surface area contributed by atoms with Crippen LogP contribution in [0.15, 0.2) is 0 Å². The quantitative estimate of drug-likeness (QED) is 0.0222. The number of hydrogen-bond donors (Lipinski definition) is 3. The number of ether oxygens (including phenoxy) is 4. The minimum absolute atomic E-state index is 0.108. The second-order valence-electron chi connectivity index (χ2n) is 28.9. The van der Waals surface area contributed by atoms with E-state index in [0.29, 0.717) is 25.7 Å². The van der Waals surface area contributed by atoms with Gasteiger partial charge in [0.25, 0.3) is 0 Å². The third-order valence-electron chi connectivity index (χ3n) is 18.5. The van der Waals surface area contributed by atoms with E-state index in [1.165, 1.54) is 238 Å². The van der Waals surface area contributed by atoms with Crippen LogP contribution in [0, 0.1) is 5.92 Å². The van der Waals surface area contributed by atoms with E-state index in [1.54, 1.807) is 0 Å². The summed E-state index contributed by atoms with van der Waals surface area (Å²) in [5.41, 5.74) is 0. The molecule has 0 bridgehead atoms. The molecule has 0 fully saturated rings. The lowest BCUT2D eigenvalue weighted by molar-refractivity contribution is -0.161. The number of carbonyl (C=O) groups is 4. The summed E-state index contributed by atoms with van der Waals surface area (Å²) in [4.78, 5) is 72.8. The Bertz CT molecular complexity index is 1870. The molecule has 3 N–H and O–H groups in total. The number of hydrogen-bond acceptors (Lipinski definition) is 15. The van der Waals surface area contributed by atoms with Crippen molar-refractivity contribution in [3.05, 3.63) is 0 Å². The first kappa shape index (κ1) is 96.1. The van der Waals surface area contributed by atoms with Gasteiger partial charge in [0, 0.05) is 25.7 Å². The molecule has 0 aromatic rings. The zero-order valence-electron chi connectivity index (χ0n) is 63.9. The molecule has 0 aliphatic carbocycles. The molecule has 19 heteroatoms. The van der Waals surface area contributed by atoms with Crippen molar-refractivity contribution in [3.63, 3.8) is 0 Å². The Morgan fingerprint density at radius 1 is 0.276 bits per heavy atom. The van der Waals surface area contributed by atoms with Gasteiger partial charge in [0.05, 0.1) is 26.4 Å².